The Balaban J connectivity index is 1.42. The summed E-state index contributed by atoms with van der Waals surface area (Å²) in [5.74, 6) is -0.610. The van der Waals surface area contributed by atoms with E-state index < -0.39 is 0 Å². The number of amides is 3. The average Bonchev–Trinajstić information content (AvgIpc) is 2.86. The van der Waals surface area contributed by atoms with Crippen LogP contribution in [0.2, 0.25) is 5.02 Å². The van der Waals surface area contributed by atoms with Crippen molar-refractivity contribution in [2.24, 2.45) is 11.8 Å². The third-order valence-corrected chi connectivity index (χ3v) is 5.67. The molecule has 0 aromatic heterocycles. The van der Waals surface area contributed by atoms with Gasteiger partial charge in [-0.3, -0.25) is 19.3 Å². The van der Waals surface area contributed by atoms with Crippen LogP contribution in [0.1, 0.15) is 12.8 Å². The van der Waals surface area contributed by atoms with Gasteiger partial charge >= 0.3 is 0 Å². The van der Waals surface area contributed by atoms with Gasteiger partial charge < -0.3 is 5.32 Å². The molecule has 132 valence electrons. The Morgan fingerprint density at radius 2 is 1.72 bits per heavy atom. The summed E-state index contributed by atoms with van der Waals surface area (Å²) >= 11 is 7.44. The molecule has 1 N–H and O–H groups in total. The number of imide groups is 1. The number of carbonyl (C=O) groups excluding carboxylic acids is 3. The number of fused-ring (bicyclic) bond motifs is 1. The van der Waals surface area contributed by atoms with Crippen LogP contribution >= 0.6 is 23.4 Å². The summed E-state index contributed by atoms with van der Waals surface area (Å²) in [6, 6.07) is 7.49. The Morgan fingerprint density at radius 3 is 2.32 bits per heavy atom. The molecule has 3 amide bonds. The summed E-state index contributed by atoms with van der Waals surface area (Å²) in [5.41, 5.74) is 0. The Hall–Kier alpha value is -1.79. The second-order valence-electron chi connectivity index (χ2n) is 6.07. The lowest BCUT2D eigenvalue weighted by Gasteiger charge is -2.14. The Bertz CT molecular complexity index is 679. The maximum Gasteiger partial charge on any atom is 0.240 e. The first kappa shape index (κ1) is 18.0. The normalized spacial score (nSPS) is 22.2. The Kier molecular flexibility index (Phi) is 5.81. The van der Waals surface area contributed by atoms with E-state index in [1.165, 1.54) is 0 Å². The molecule has 25 heavy (non-hydrogen) atoms. The molecule has 2 aliphatic rings. The molecule has 3 rings (SSSR count). The molecule has 0 unspecified atom stereocenters. The van der Waals surface area contributed by atoms with Crippen LogP contribution in [0.15, 0.2) is 41.3 Å². The minimum Gasteiger partial charge on any atom is -0.354 e. The molecular formula is C18H19ClN2O3S. The zero-order valence-electron chi connectivity index (χ0n) is 13.6. The number of hydrogen-bond donors (Lipinski definition) is 1. The molecule has 1 aliphatic carbocycles. The van der Waals surface area contributed by atoms with E-state index in [0.717, 1.165) is 9.80 Å². The highest BCUT2D eigenvalue weighted by Crippen LogP contribution is 2.34. The standard InChI is InChI=1S/C18H19ClN2O3S/c19-12-5-7-13(8-6-12)25-10-9-20-16(22)11-21-17(23)14-3-1-2-4-15(14)18(21)24/h1-2,5-8,14-15H,3-4,9-11H2,(H,20,22)/t14-,15-/m1/s1. The van der Waals surface area contributed by atoms with E-state index in [4.69, 9.17) is 11.6 Å². The largest absolute Gasteiger partial charge is 0.354 e. The van der Waals surface area contributed by atoms with Crippen molar-refractivity contribution in [2.75, 3.05) is 18.8 Å². The summed E-state index contributed by atoms with van der Waals surface area (Å²) in [6.45, 7) is 0.285. The lowest BCUT2D eigenvalue weighted by Crippen LogP contribution is -2.41. The first-order valence-electron chi connectivity index (χ1n) is 8.21. The molecule has 0 radical (unpaired) electrons. The number of hydrogen-bond acceptors (Lipinski definition) is 4. The first-order valence-corrected chi connectivity index (χ1v) is 9.58. The van der Waals surface area contributed by atoms with Crippen molar-refractivity contribution in [3.63, 3.8) is 0 Å². The predicted molar refractivity (Wildman–Crippen MR) is 97.3 cm³/mol. The molecular weight excluding hydrogens is 360 g/mol. The van der Waals surface area contributed by atoms with Gasteiger partial charge in [-0.2, -0.15) is 0 Å². The molecule has 1 fully saturated rings. The lowest BCUT2D eigenvalue weighted by molar-refractivity contribution is -0.143. The molecule has 1 aromatic rings. The minimum atomic E-state index is -0.301. The van der Waals surface area contributed by atoms with Crippen LogP contribution in [-0.2, 0) is 14.4 Å². The Labute approximate surface area is 155 Å². The first-order chi connectivity index (χ1) is 12.1. The molecule has 7 heteroatoms. The van der Waals surface area contributed by atoms with Gasteiger partial charge in [-0.05, 0) is 37.1 Å². The van der Waals surface area contributed by atoms with Gasteiger partial charge in [0.15, 0.2) is 0 Å². The van der Waals surface area contributed by atoms with Crippen molar-refractivity contribution in [3.05, 3.63) is 41.4 Å². The molecule has 1 saturated heterocycles. The number of rotatable bonds is 6. The molecule has 0 saturated carbocycles. The van der Waals surface area contributed by atoms with E-state index in [0.29, 0.717) is 30.2 Å². The zero-order chi connectivity index (χ0) is 17.8. The zero-order valence-corrected chi connectivity index (χ0v) is 15.2. The van der Waals surface area contributed by atoms with E-state index in [2.05, 4.69) is 5.32 Å². The van der Waals surface area contributed by atoms with Crippen molar-refractivity contribution in [1.82, 2.24) is 10.2 Å². The fourth-order valence-electron chi connectivity index (χ4n) is 3.11. The van der Waals surface area contributed by atoms with E-state index in [1.54, 1.807) is 11.8 Å². The van der Waals surface area contributed by atoms with E-state index >= 15 is 0 Å². The van der Waals surface area contributed by atoms with Crippen molar-refractivity contribution >= 4 is 41.1 Å². The van der Waals surface area contributed by atoms with Gasteiger partial charge in [0, 0.05) is 22.2 Å². The van der Waals surface area contributed by atoms with Gasteiger partial charge in [0.05, 0.1) is 11.8 Å². The quantitative estimate of drug-likeness (QED) is 0.357. The maximum atomic E-state index is 12.3. The number of allylic oxidation sites excluding steroid dienone is 2. The highest BCUT2D eigenvalue weighted by atomic mass is 35.5. The summed E-state index contributed by atoms with van der Waals surface area (Å²) in [5, 5.41) is 3.45. The average molecular weight is 379 g/mol. The molecule has 1 aliphatic heterocycles. The highest BCUT2D eigenvalue weighted by Gasteiger charge is 2.47. The highest BCUT2D eigenvalue weighted by molar-refractivity contribution is 7.99. The van der Waals surface area contributed by atoms with E-state index in [-0.39, 0.29) is 36.1 Å². The SMILES string of the molecule is O=C(CN1C(=O)[C@@H]2CC=CC[C@H]2C1=O)NCCSc1ccc(Cl)cc1. The van der Waals surface area contributed by atoms with Gasteiger partial charge in [-0.15, -0.1) is 11.8 Å². The third-order valence-electron chi connectivity index (χ3n) is 4.41. The Morgan fingerprint density at radius 1 is 1.12 bits per heavy atom. The monoisotopic (exact) mass is 378 g/mol. The van der Waals surface area contributed by atoms with Crippen LogP contribution in [0.3, 0.4) is 0 Å². The van der Waals surface area contributed by atoms with Crippen LogP contribution in [0, 0.1) is 11.8 Å². The molecule has 1 aromatic carbocycles. The van der Waals surface area contributed by atoms with Crippen LogP contribution in [-0.4, -0.2) is 41.5 Å². The third kappa shape index (κ3) is 4.25. The number of thioether (sulfide) groups is 1. The number of halogens is 1. The van der Waals surface area contributed by atoms with Crippen molar-refractivity contribution in [2.45, 2.75) is 17.7 Å². The van der Waals surface area contributed by atoms with Gasteiger partial charge in [-0.25, -0.2) is 0 Å². The fraction of sp³-hybridized carbons (Fsp3) is 0.389. The van der Waals surface area contributed by atoms with Crippen molar-refractivity contribution < 1.29 is 14.4 Å². The summed E-state index contributed by atoms with van der Waals surface area (Å²) < 4.78 is 0. The minimum absolute atomic E-state index is 0.184. The van der Waals surface area contributed by atoms with Crippen LogP contribution < -0.4 is 5.32 Å². The molecule has 1 heterocycles. The smallest absolute Gasteiger partial charge is 0.240 e. The number of nitrogens with zero attached hydrogens (tertiary/aromatic N) is 1. The fourth-order valence-corrected chi connectivity index (χ4v) is 4.01. The van der Waals surface area contributed by atoms with Crippen LogP contribution in [0.25, 0.3) is 0 Å². The van der Waals surface area contributed by atoms with Crippen LogP contribution in [0.4, 0.5) is 0 Å². The maximum absolute atomic E-state index is 12.3. The summed E-state index contributed by atoms with van der Waals surface area (Å²) in [6.07, 6.45) is 5.05. The predicted octanol–water partition coefficient (Wildman–Crippen LogP) is 2.50. The van der Waals surface area contributed by atoms with E-state index in [1.807, 2.05) is 36.4 Å². The van der Waals surface area contributed by atoms with Gasteiger partial charge in [0.2, 0.25) is 17.7 Å². The number of benzene rings is 1. The second-order valence-corrected chi connectivity index (χ2v) is 7.68. The van der Waals surface area contributed by atoms with Crippen molar-refractivity contribution in [1.29, 1.82) is 0 Å². The van der Waals surface area contributed by atoms with Gasteiger partial charge in [0.25, 0.3) is 0 Å². The van der Waals surface area contributed by atoms with Crippen LogP contribution in [0.5, 0.6) is 0 Å². The molecule has 0 bridgehead atoms. The molecule has 0 spiro atoms. The van der Waals surface area contributed by atoms with Gasteiger partial charge in [0.1, 0.15) is 6.54 Å². The van der Waals surface area contributed by atoms with E-state index in [9.17, 15) is 14.4 Å². The number of carbonyl (C=O) groups is 3. The summed E-state index contributed by atoms with van der Waals surface area (Å²) in [7, 11) is 0. The van der Waals surface area contributed by atoms with Gasteiger partial charge in [-0.1, -0.05) is 23.8 Å². The number of nitrogens with one attached hydrogen (secondary N) is 1. The second kappa shape index (κ2) is 8.06. The number of likely N-dealkylation sites (tertiary alicyclic amines) is 1. The molecule has 2 atom stereocenters. The lowest BCUT2D eigenvalue weighted by atomic mass is 9.85. The van der Waals surface area contributed by atoms with Crippen molar-refractivity contribution in [3.8, 4) is 0 Å². The topological polar surface area (TPSA) is 66.5 Å². The summed E-state index contributed by atoms with van der Waals surface area (Å²) in [4.78, 5) is 38.8. The molecule has 5 nitrogen and oxygen atoms in total.